The number of alkyl halides is 3. The predicted molar refractivity (Wildman–Crippen MR) is 46.0 cm³/mol. The smallest absolute Gasteiger partial charge is 0.232 e. The van der Waals surface area contributed by atoms with Crippen LogP contribution in [0.15, 0.2) is 30.3 Å². The van der Waals surface area contributed by atoms with E-state index in [1.165, 1.54) is 24.3 Å². The summed E-state index contributed by atoms with van der Waals surface area (Å²) in [5, 5.41) is 10.1. The van der Waals surface area contributed by atoms with Crippen LogP contribution in [0.1, 0.15) is 11.1 Å². The highest BCUT2D eigenvalue weighted by molar-refractivity contribution is 5.50. The highest BCUT2D eigenvalue weighted by Crippen LogP contribution is 2.29. The van der Waals surface area contributed by atoms with Crippen LogP contribution in [0.25, 0.3) is 6.08 Å². The average molecular weight is 201 g/mol. The lowest BCUT2D eigenvalue weighted by atomic mass is 10.1. The van der Waals surface area contributed by atoms with Gasteiger partial charge in [-0.2, -0.15) is 13.2 Å². The van der Waals surface area contributed by atoms with Gasteiger partial charge in [-0.3, -0.25) is 0 Å². The van der Waals surface area contributed by atoms with Gasteiger partial charge in [0.1, 0.15) is 6.61 Å². The number of halogens is 3. The SMILES string of the molecule is [O]CC=Cc1cccc(C(F)(F)F)c1. The van der Waals surface area contributed by atoms with Crippen molar-refractivity contribution in [2.24, 2.45) is 0 Å². The Morgan fingerprint density at radius 3 is 2.57 bits per heavy atom. The second kappa shape index (κ2) is 4.28. The predicted octanol–water partition coefficient (Wildman–Crippen LogP) is 3.15. The molecule has 14 heavy (non-hydrogen) atoms. The third-order valence-corrected chi connectivity index (χ3v) is 1.62. The molecule has 75 valence electrons. The second-order valence-electron chi connectivity index (χ2n) is 2.69. The van der Waals surface area contributed by atoms with Gasteiger partial charge in [-0.05, 0) is 17.7 Å². The van der Waals surface area contributed by atoms with Crippen molar-refractivity contribution >= 4 is 6.08 Å². The lowest BCUT2D eigenvalue weighted by molar-refractivity contribution is -0.137. The van der Waals surface area contributed by atoms with Crippen LogP contribution in [0.5, 0.6) is 0 Å². The van der Waals surface area contributed by atoms with Crippen LogP contribution in [-0.2, 0) is 11.3 Å². The summed E-state index contributed by atoms with van der Waals surface area (Å²) < 4.78 is 36.6. The average Bonchev–Trinajstić information content (AvgIpc) is 2.14. The zero-order valence-corrected chi connectivity index (χ0v) is 7.21. The van der Waals surface area contributed by atoms with E-state index in [4.69, 9.17) is 0 Å². The van der Waals surface area contributed by atoms with Crippen molar-refractivity contribution in [1.82, 2.24) is 0 Å². The van der Waals surface area contributed by atoms with E-state index in [0.29, 0.717) is 5.56 Å². The maximum atomic E-state index is 12.2. The zero-order valence-electron chi connectivity index (χ0n) is 7.21. The molecule has 0 aromatic heterocycles. The molecule has 0 N–H and O–H groups in total. The molecular formula is C10H8F3O. The van der Waals surface area contributed by atoms with Crippen LogP contribution in [0.4, 0.5) is 13.2 Å². The minimum absolute atomic E-state index is 0.385. The summed E-state index contributed by atoms with van der Waals surface area (Å²) in [7, 11) is 0. The Hall–Kier alpha value is -1.29. The van der Waals surface area contributed by atoms with Crippen molar-refractivity contribution in [1.29, 1.82) is 0 Å². The van der Waals surface area contributed by atoms with E-state index in [1.807, 2.05) is 0 Å². The van der Waals surface area contributed by atoms with Crippen molar-refractivity contribution in [2.45, 2.75) is 6.18 Å². The van der Waals surface area contributed by atoms with Crippen LogP contribution in [0, 0.1) is 0 Å². The Kier molecular flexibility index (Phi) is 3.30. The summed E-state index contributed by atoms with van der Waals surface area (Å²) in [4.78, 5) is 0. The molecular weight excluding hydrogens is 193 g/mol. The highest BCUT2D eigenvalue weighted by atomic mass is 19.4. The molecule has 0 fully saturated rings. The molecule has 1 nitrogen and oxygen atoms in total. The van der Waals surface area contributed by atoms with Gasteiger partial charge in [-0.15, -0.1) is 0 Å². The van der Waals surface area contributed by atoms with Gasteiger partial charge in [0.05, 0.1) is 5.56 Å². The highest BCUT2D eigenvalue weighted by Gasteiger charge is 2.30. The molecule has 0 aliphatic heterocycles. The van der Waals surface area contributed by atoms with Crippen LogP contribution >= 0.6 is 0 Å². The van der Waals surface area contributed by atoms with Crippen LogP contribution in [0.2, 0.25) is 0 Å². The van der Waals surface area contributed by atoms with Gasteiger partial charge < -0.3 is 0 Å². The van der Waals surface area contributed by atoms with Crippen molar-refractivity contribution in [2.75, 3.05) is 6.61 Å². The van der Waals surface area contributed by atoms with Gasteiger partial charge in [0.15, 0.2) is 0 Å². The van der Waals surface area contributed by atoms with Gasteiger partial charge >= 0.3 is 6.18 Å². The number of benzene rings is 1. The Balaban J connectivity index is 2.96. The van der Waals surface area contributed by atoms with E-state index >= 15 is 0 Å². The second-order valence-corrected chi connectivity index (χ2v) is 2.69. The summed E-state index contributed by atoms with van der Waals surface area (Å²) in [6.45, 7) is -0.434. The molecule has 0 atom stereocenters. The molecule has 0 bridgehead atoms. The molecule has 4 heteroatoms. The fraction of sp³-hybridized carbons (Fsp3) is 0.200. The maximum absolute atomic E-state index is 12.2. The van der Waals surface area contributed by atoms with E-state index in [1.54, 1.807) is 0 Å². The summed E-state index contributed by atoms with van der Waals surface area (Å²) in [6.07, 6.45) is -1.68. The fourth-order valence-corrected chi connectivity index (χ4v) is 1.00. The molecule has 0 amide bonds. The Morgan fingerprint density at radius 2 is 2.00 bits per heavy atom. The standard InChI is InChI=1S/C10H8F3O/c11-10(12,13)9-5-1-3-8(7-9)4-2-6-14/h1-5,7H,6H2. The molecule has 0 saturated heterocycles. The van der Waals surface area contributed by atoms with Gasteiger partial charge in [-0.1, -0.05) is 24.3 Å². The normalized spacial score (nSPS) is 12.3. The number of hydrogen-bond donors (Lipinski definition) is 0. The van der Waals surface area contributed by atoms with Crippen molar-refractivity contribution in [3.8, 4) is 0 Å². The van der Waals surface area contributed by atoms with Crippen LogP contribution < -0.4 is 0 Å². The fourth-order valence-electron chi connectivity index (χ4n) is 1.00. The molecule has 0 spiro atoms. The lowest BCUT2D eigenvalue weighted by Gasteiger charge is -2.06. The van der Waals surface area contributed by atoms with E-state index in [2.05, 4.69) is 0 Å². The maximum Gasteiger partial charge on any atom is 0.416 e. The monoisotopic (exact) mass is 201 g/mol. The topological polar surface area (TPSA) is 19.9 Å². The molecule has 1 rings (SSSR count). The van der Waals surface area contributed by atoms with Crippen molar-refractivity contribution in [3.05, 3.63) is 41.5 Å². The lowest BCUT2D eigenvalue weighted by Crippen LogP contribution is -2.04. The van der Waals surface area contributed by atoms with Crippen molar-refractivity contribution in [3.63, 3.8) is 0 Å². The number of rotatable bonds is 2. The van der Waals surface area contributed by atoms with E-state index in [9.17, 15) is 18.3 Å². The largest absolute Gasteiger partial charge is 0.416 e. The van der Waals surface area contributed by atoms with Crippen LogP contribution in [0.3, 0.4) is 0 Å². The Labute approximate surface area is 79.5 Å². The third kappa shape index (κ3) is 2.88. The molecule has 0 aliphatic rings. The molecule has 0 saturated carbocycles. The molecule has 0 heterocycles. The van der Waals surface area contributed by atoms with Gasteiger partial charge in [-0.25, -0.2) is 5.11 Å². The summed E-state index contributed by atoms with van der Waals surface area (Å²) in [5.74, 6) is 0. The van der Waals surface area contributed by atoms with Gasteiger partial charge in [0.2, 0.25) is 0 Å². The van der Waals surface area contributed by atoms with E-state index in [-0.39, 0.29) is 0 Å². The Morgan fingerprint density at radius 1 is 1.29 bits per heavy atom. The van der Waals surface area contributed by atoms with Crippen molar-refractivity contribution < 1.29 is 18.3 Å². The minimum atomic E-state index is -4.33. The first-order valence-electron chi connectivity index (χ1n) is 3.96. The molecule has 0 aliphatic carbocycles. The first kappa shape index (κ1) is 10.8. The first-order valence-corrected chi connectivity index (χ1v) is 3.96. The minimum Gasteiger partial charge on any atom is -0.232 e. The molecule has 1 aromatic carbocycles. The molecule has 1 radical (unpaired) electrons. The van der Waals surface area contributed by atoms with Gasteiger partial charge in [0, 0.05) is 0 Å². The van der Waals surface area contributed by atoms with Gasteiger partial charge in [0.25, 0.3) is 0 Å². The molecule has 0 unspecified atom stereocenters. The van der Waals surface area contributed by atoms with Crippen LogP contribution in [-0.4, -0.2) is 6.61 Å². The first-order chi connectivity index (χ1) is 6.54. The number of hydrogen-bond acceptors (Lipinski definition) is 0. The zero-order chi connectivity index (χ0) is 10.6. The van der Waals surface area contributed by atoms with E-state index < -0.39 is 18.3 Å². The Bertz CT molecular complexity index is 328. The quantitative estimate of drug-likeness (QED) is 0.700. The summed E-state index contributed by atoms with van der Waals surface area (Å²) >= 11 is 0. The third-order valence-electron chi connectivity index (χ3n) is 1.62. The van der Waals surface area contributed by atoms with E-state index in [0.717, 1.165) is 12.1 Å². The molecule has 1 aromatic rings. The summed E-state index contributed by atoms with van der Waals surface area (Å²) in [5.41, 5.74) is -0.318. The summed E-state index contributed by atoms with van der Waals surface area (Å²) in [6, 6.07) is 4.83.